The third-order valence-electron chi connectivity index (χ3n) is 2.56. The lowest BCUT2D eigenvalue weighted by Gasteiger charge is -2.04. The molecule has 2 aromatic rings. The van der Waals surface area contributed by atoms with E-state index >= 15 is 0 Å². The van der Waals surface area contributed by atoms with Crippen molar-refractivity contribution in [3.8, 4) is 10.6 Å². The van der Waals surface area contributed by atoms with Gasteiger partial charge in [0.2, 0.25) is 0 Å². The summed E-state index contributed by atoms with van der Waals surface area (Å²) in [6.45, 7) is 3.94. The number of rotatable bonds is 4. The maximum atomic E-state index is 10.6. The zero-order valence-electron chi connectivity index (χ0n) is 10.3. The van der Waals surface area contributed by atoms with Crippen LogP contribution in [-0.2, 0) is 11.2 Å². The van der Waals surface area contributed by atoms with Crippen molar-refractivity contribution >= 4 is 17.3 Å². The van der Waals surface area contributed by atoms with Gasteiger partial charge in [0, 0.05) is 12.1 Å². The Morgan fingerprint density at radius 2 is 2.17 bits per heavy atom. The number of carbonyl (C=O) groups is 1. The fourth-order valence-electron chi connectivity index (χ4n) is 1.71. The van der Waals surface area contributed by atoms with Crippen LogP contribution in [0, 0.1) is 13.8 Å². The van der Waals surface area contributed by atoms with Gasteiger partial charge in [0.05, 0.1) is 17.0 Å². The summed E-state index contributed by atoms with van der Waals surface area (Å²) < 4.78 is 0. The number of carboxylic acid groups (broad SMARTS) is 1. The van der Waals surface area contributed by atoms with Crippen LogP contribution in [0.2, 0.25) is 0 Å². The third-order valence-corrected chi connectivity index (χ3v) is 3.60. The highest BCUT2D eigenvalue weighted by molar-refractivity contribution is 7.13. The number of hydrogen-bond acceptors (Lipinski definition) is 4. The Balaban J connectivity index is 2.32. The maximum absolute atomic E-state index is 10.6. The highest BCUT2D eigenvalue weighted by Crippen LogP contribution is 2.27. The van der Waals surface area contributed by atoms with E-state index in [1.54, 1.807) is 11.3 Å². The smallest absolute Gasteiger partial charge is 0.303 e. The van der Waals surface area contributed by atoms with Crippen LogP contribution < -0.4 is 0 Å². The van der Waals surface area contributed by atoms with Crippen LogP contribution in [0.15, 0.2) is 17.5 Å². The Morgan fingerprint density at radius 3 is 2.78 bits per heavy atom. The van der Waals surface area contributed by atoms with Crippen LogP contribution in [-0.4, -0.2) is 21.0 Å². The number of aliphatic carboxylic acids is 1. The van der Waals surface area contributed by atoms with E-state index in [0.29, 0.717) is 12.2 Å². The highest BCUT2D eigenvalue weighted by Gasteiger charge is 2.09. The molecule has 0 fully saturated rings. The first kappa shape index (κ1) is 12.7. The molecule has 0 saturated carbocycles. The Labute approximate surface area is 109 Å². The van der Waals surface area contributed by atoms with E-state index in [1.807, 2.05) is 31.4 Å². The van der Waals surface area contributed by atoms with Crippen molar-refractivity contribution in [1.29, 1.82) is 0 Å². The quantitative estimate of drug-likeness (QED) is 0.920. The van der Waals surface area contributed by atoms with Gasteiger partial charge in [-0.15, -0.1) is 11.3 Å². The minimum Gasteiger partial charge on any atom is -0.481 e. The minimum atomic E-state index is -0.825. The fourth-order valence-corrected chi connectivity index (χ4v) is 2.60. The van der Waals surface area contributed by atoms with Gasteiger partial charge in [-0.3, -0.25) is 4.79 Å². The van der Waals surface area contributed by atoms with Gasteiger partial charge >= 0.3 is 5.97 Å². The topological polar surface area (TPSA) is 63.1 Å². The molecule has 0 aliphatic heterocycles. The summed E-state index contributed by atoms with van der Waals surface area (Å²) in [4.78, 5) is 20.4. The summed E-state index contributed by atoms with van der Waals surface area (Å²) in [5.41, 5.74) is 2.94. The molecule has 2 heterocycles. The predicted molar refractivity (Wildman–Crippen MR) is 70.8 cm³/mol. The zero-order chi connectivity index (χ0) is 13.1. The number of aromatic nitrogens is 2. The lowest BCUT2D eigenvalue weighted by Crippen LogP contribution is -2.03. The Morgan fingerprint density at radius 1 is 1.39 bits per heavy atom. The van der Waals surface area contributed by atoms with Gasteiger partial charge in [0.25, 0.3) is 0 Å². The third kappa shape index (κ3) is 2.92. The molecule has 4 nitrogen and oxygen atoms in total. The summed E-state index contributed by atoms with van der Waals surface area (Å²) in [5, 5.41) is 10.7. The molecule has 0 aliphatic carbocycles. The Kier molecular flexibility index (Phi) is 3.72. The number of aryl methyl sites for hydroxylation is 3. The molecule has 0 amide bonds. The number of carboxylic acids is 1. The van der Waals surface area contributed by atoms with E-state index in [4.69, 9.17) is 5.11 Å². The first-order valence-electron chi connectivity index (χ1n) is 5.67. The molecule has 0 radical (unpaired) electrons. The standard InChI is InChI=1S/C13H14N2O2S/c1-8-5-6-18-13(8)10-7-9(2)14-11(15-10)3-4-12(16)17/h5-7H,3-4H2,1-2H3,(H,16,17). The van der Waals surface area contributed by atoms with E-state index in [9.17, 15) is 4.79 Å². The molecule has 0 unspecified atom stereocenters. The van der Waals surface area contributed by atoms with Gasteiger partial charge < -0.3 is 5.11 Å². The zero-order valence-corrected chi connectivity index (χ0v) is 11.1. The van der Waals surface area contributed by atoms with Crippen LogP contribution >= 0.6 is 11.3 Å². The van der Waals surface area contributed by atoms with Gasteiger partial charge in [-0.2, -0.15) is 0 Å². The highest BCUT2D eigenvalue weighted by atomic mass is 32.1. The van der Waals surface area contributed by atoms with Crippen molar-refractivity contribution in [3.63, 3.8) is 0 Å². The van der Waals surface area contributed by atoms with E-state index in [0.717, 1.165) is 16.3 Å². The maximum Gasteiger partial charge on any atom is 0.303 e. The second-order valence-electron chi connectivity index (χ2n) is 4.14. The summed E-state index contributed by atoms with van der Waals surface area (Å²) in [5.74, 6) is -0.228. The van der Waals surface area contributed by atoms with Crippen LogP contribution in [0.3, 0.4) is 0 Å². The average Bonchev–Trinajstić information content (AvgIpc) is 2.72. The SMILES string of the molecule is Cc1cc(-c2sccc2C)nc(CCC(=O)O)n1. The first-order valence-corrected chi connectivity index (χ1v) is 6.55. The molecule has 2 aromatic heterocycles. The van der Waals surface area contributed by atoms with Gasteiger partial charge in [0.1, 0.15) is 5.82 Å². The molecule has 0 saturated heterocycles. The van der Waals surface area contributed by atoms with E-state index in [2.05, 4.69) is 9.97 Å². The molecule has 0 bridgehead atoms. The van der Waals surface area contributed by atoms with E-state index in [1.165, 1.54) is 5.56 Å². The van der Waals surface area contributed by atoms with Gasteiger partial charge in [-0.05, 0) is 36.9 Å². The fraction of sp³-hybridized carbons (Fsp3) is 0.308. The molecular weight excluding hydrogens is 248 g/mol. The molecule has 94 valence electrons. The number of hydrogen-bond donors (Lipinski definition) is 1. The summed E-state index contributed by atoms with van der Waals surface area (Å²) in [6, 6.07) is 3.98. The lowest BCUT2D eigenvalue weighted by atomic mass is 10.2. The molecule has 1 N–H and O–H groups in total. The normalized spacial score (nSPS) is 10.6. The van der Waals surface area contributed by atoms with Gasteiger partial charge in [0.15, 0.2) is 0 Å². The summed E-state index contributed by atoms with van der Waals surface area (Å²) >= 11 is 1.64. The Bertz CT molecular complexity index is 578. The molecule has 18 heavy (non-hydrogen) atoms. The molecule has 0 atom stereocenters. The van der Waals surface area contributed by atoms with Crippen LogP contribution in [0.4, 0.5) is 0 Å². The molecule has 0 aromatic carbocycles. The number of nitrogens with zero attached hydrogens (tertiary/aromatic N) is 2. The van der Waals surface area contributed by atoms with Crippen LogP contribution in [0.25, 0.3) is 10.6 Å². The Hall–Kier alpha value is -1.75. The van der Waals surface area contributed by atoms with Crippen molar-refractivity contribution in [2.75, 3.05) is 0 Å². The van der Waals surface area contributed by atoms with Gasteiger partial charge in [-0.25, -0.2) is 9.97 Å². The molecule has 0 spiro atoms. The number of thiophene rings is 1. The first-order chi connectivity index (χ1) is 8.56. The monoisotopic (exact) mass is 262 g/mol. The van der Waals surface area contributed by atoms with Crippen LogP contribution in [0.5, 0.6) is 0 Å². The van der Waals surface area contributed by atoms with Crippen molar-refractivity contribution in [2.45, 2.75) is 26.7 Å². The van der Waals surface area contributed by atoms with Crippen LogP contribution in [0.1, 0.15) is 23.5 Å². The van der Waals surface area contributed by atoms with Crippen molar-refractivity contribution < 1.29 is 9.90 Å². The average molecular weight is 262 g/mol. The second kappa shape index (κ2) is 5.27. The van der Waals surface area contributed by atoms with Crippen molar-refractivity contribution in [3.05, 3.63) is 34.6 Å². The van der Waals surface area contributed by atoms with E-state index in [-0.39, 0.29) is 6.42 Å². The molecule has 0 aliphatic rings. The van der Waals surface area contributed by atoms with Crippen molar-refractivity contribution in [2.24, 2.45) is 0 Å². The van der Waals surface area contributed by atoms with E-state index < -0.39 is 5.97 Å². The molecule has 2 rings (SSSR count). The summed E-state index contributed by atoms with van der Waals surface area (Å²) in [7, 11) is 0. The molecular formula is C13H14N2O2S. The predicted octanol–water partition coefficient (Wildman–Crippen LogP) is 2.84. The largest absolute Gasteiger partial charge is 0.481 e. The van der Waals surface area contributed by atoms with Gasteiger partial charge in [-0.1, -0.05) is 0 Å². The second-order valence-corrected chi connectivity index (χ2v) is 5.05. The summed E-state index contributed by atoms with van der Waals surface area (Å²) in [6.07, 6.45) is 0.431. The minimum absolute atomic E-state index is 0.0618. The lowest BCUT2D eigenvalue weighted by molar-refractivity contribution is -0.137. The molecule has 5 heteroatoms. The van der Waals surface area contributed by atoms with Crippen molar-refractivity contribution in [1.82, 2.24) is 9.97 Å².